The van der Waals surface area contributed by atoms with Crippen LogP contribution in [0.3, 0.4) is 0 Å². The molecule has 0 spiro atoms. The van der Waals surface area contributed by atoms with Crippen molar-refractivity contribution >= 4 is 17.5 Å². The van der Waals surface area contributed by atoms with Gasteiger partial charge in [0.2, 0.25) is 5.95 Å². The van der Waals surface area contributed by atoms with Gasteiger partial charge >= 0.3 is 0 Å². The molecule has 0 saturated heterocycles. The maximum Gasteiger partial charge on any atom is 0.249 e. The highest BCUT2D eigenvalue weighted by atomic mass is 19.2. The fourth-order valence-corrected chi connectivity index (χ4v) is 1.78. The number of nitrogens with zero attached hydrogens (tertiary/aromatic N) is 3. The Morgan fingerprint density at radius 1 is 1.09 bits per heavy atom. The lowest BCUT2D eigenvalue weighted by Crippen LogP contribution is -2.06. The molecular formula is C14H10F3N5O. The molecule has 2 heterocycles. The molecule has 9 heteroatoms. The van der Waals surface area contributed by atoms with E-state index in [4.69, 9.17) is 4.42 Å². The van der Waals surface area contributed by atoms with Crippen LogP contribution in [0.4, 0.5) is 30.6 Å². The number of halogens is 3. The van der Waals surface area contributed by atoms with Gasteiger partial charge in [-0.1, -0.05) is 0 Å². The van der Waals surface area contributed by atoms with Crippen LogP contribution in [0, 0.1) is 17.5 Å². The topological polar surface area (TPSA) is 75.9 Å². The monoisotopic (exact) mass is 321 g/mol. The first kappa shape index (κ1) is 14.8. The standard InChI is InChI=1S/C14H10F3N5O/c15-9-3-4-10(13(17)12(9)16)20-14-21-11(7-19-22-14)18-6-8-2-1-5-23-8/h1-5,7H,6H2,(H2,18,20,21,22). The molecule has 0 fully saturated rings. The summed E-state index contributed by atoms with van der Waals surface area (Å²) in [6.07, 6.45) is 2.89. The minimum Gasteiger partial charge on any atom is -0.467 e. The zero-order valence-electron chi connectivity index (χ0n) is 11.6. The van der Waals surface area contributed by atoms with Crippen molar-refractivity contribution in [1.29, 1.82) is 0 Å². The van der Waals surface area contributed by atoms with E-state index in [1.807, 2.05) is 0 Å². The van der Waals surface area contributed by atoms with E-state index >= 15 is 0 Å². The molecule has 2 aromatic heterocycles. The number of hydrogen-bond donors (Lipinski definition) is 2. The average molecular weight is 321 g/mol. The van der Waals surface area contributed by atoms with E-state index in [9.17, 15) is 13.2 Å². The summed E-state index contributed by atoms with van der Waals surface area (Å²) in [6.45, 7) is 0.366. The Balaban J connectivity index is 1.74. The molecule has 0 atom stereocenters. The number of furan rings is 1. The van der Waals surface area contributed by atoms with Gasteiger partial charge in [0.1, 0.15) is 5.76 Å². The van der Waals surface area contributed by atoms with Crippen molar-refractivity contribution < 1.29 is 17.6 Å². The third-order valence-corrected chi connectivity index (χ3v) is 2.86. The third kappa shape index (κ3) is 3.39. The van der Waals surface area contributed by atoms with Crippen molar-refractivity contribution in [3.8, 4) is 0 Å². The van der Waals surface area contributed by atoms with Crippen LogP contribution in [0.2, 0.25) is 0 Å². The van der Waals surface area contributed by atoms with Crippen LogP contribution in [0.1, 0.15) is 5.76 Å². The van der Waals surface area contributed by atoms with E-state index in [0.29, 0.717) is 18.1 Å². The SMILES string of the molecule is Fc1ccc(Nc2nncc(NCc3ccco3)n2)c(F)c1F. The van der Waals surface area contributed by atoms with E-state index in [2.05, 4.69) is 25.8 Å². The molecule has 23 heavy (non-hydrogen) atoms. The molecule has 1 aromatic carbocycles. The predicted molar refractivity (Wildman–Crippen MR) is 75.5 cm³/mol. The molecule has 0 aliphatic rings. The molecule has 0 bridgehead atoms. The molecular weight excluding hydrogens is 311 g/mol. The molecule has 3 rings (SSSR count). The number of nitrogens with one attached hydrogen (secondary N) is 2. The normalized spacial score (nSPS) is 10.6. The van der Waals surface area contributed by atoms with E-state index in [0.717, 1.165) is 12.1 Å². The lowest BCUT2D eigenvalue weighted by atomic mass is 10.3. The quantitative estimate of drug-likeness (QED) is 0.703. The van der Waals surface area contributed by atoms with Crippen LogP contribution in [-0.4, -0.2) is 15.2 Å². The van der Waals surface area contributed by atoms with Gasteiger partial charge in [0.05, 0.1) is 24.7 Å². The second-order valence-corrected chi connectivity index (χ2v) is 4.45. The summed E-state index contributed by atoms with van der Waals surface area (Å²) in [4.78, 5) is 4.04. The summed E-state index contributed by atoms with van der Waals surface area (Å²) >= 11 is 0. The summed E-state index contributed by atoms with van der Waals surface area (Å²) in [5.74, 6) is -3.25. The van der Waals surface area contributed by atoms with Gasteiger partial charge in [-0.05, 0) is 24.3 Å². The zero-order valence-corrected chi connectivity index (χ0v) is 11.6. The van der Waals surface area contributed by atoms with E-state index in [1.165, 1.54) is 12.5 Å². The highest BCUT2D eigenvalue weighted by molar-refractivity contribution is 5.55. The predicted octanol–water partition coefficient (Wildman–Crippen LogP) is 3.24. The molecule has 0 unspecified atom stereocenters. The summed E-state index contributed by atoms with van der Waals surface area (Å²) in [5, 5.41) is 12.7. The van der Waals surface area contributed by atoms with Crippen molar-refractivity contribution in [2.45, 2.75) is 6.54 Å². The number of benzene rings is 1. The van der Waals surface area contributed by atoms with Crippen LogP contribution in [0.5, 0.6) is 0 Å². The van der Waals surface area contributed by atoms with Crippen LogP contribution >= 0.6 is 0 Å². The number of rotatable bonds is 5. The number of hydrogen-bond acceptors (Lipinski definition) is 6. The highest BCUT2D eigenvalue weighted by Crippen LogP contribution is 2.22. The van der Waals surface area contributed by atoms with E-state index < -0.39 is 17.5 Å². The Morgan fingerprint density at radius 2 is 1.96 bits per heavy atom. The average Bonchev–Trinajstić information content (AvgIpc) is 3.07. The van der Waals surface area contributed by atoms with Crippen LogP contribution in [0.25, 0.3) is 0 Å². The van der Waals surface area contributed by atoms with Gasteiger partial charge in [0.15, 0.2) is 23.3 Å². The van der Waals surface area contributed by atoms with Crippen molar-refractivity contribution in [2.75, 3.05) is 10.6 Å². The highest BCUT2D eigenvalue weighted by Gasteiger charge is 2.14. The van der Waals surface area contributed by atoms with Crippen LogP contribution in [0.15, 0.2) is 41.1 Å². The minimum atomic E-state index is -1.57. The van der Waals surface area contributed by atoms with Gasteiger partial charge in [-0.2, -0.15) is 10.1 Å². The molecule has 0 saturated carbocycles. The maximum atomic E-state index is 13.6. The molecule has 6 nitrogen and oxygen atoms in total. The van der Waals surface area contributed by atoms with Crippen molar-refractivity contribution in [1.82, 2.24) is 15.2 Å². The van der Waals surface area contributed by atoms with Crippen LogP contribution in [-0.2, 0) is 6.54 Å². The molecule has 0 aliphatic carbocycles. The van der Waals surface area contributed by atoms with Crippen molar-refractivity contribution in [3.05, 3.63) is 59.9 Å². The Kier molecular flexibility index (Phi) is 4.09. The lowest BCUT2D eigenvalue weighted by molar-refractivity contribution is 0.449. The smallest absolute Gasteiger partial charge is 0.249 e. The molecule has 0 amide bonds. The zero-order chi connectivity index (χ0) is 16.2. The van der Waals surface area contributed by atoms with Gasteiger partial charge in [-0.25, -0.2) is 13.2 Å². The Bertz CT molecular complexity index is 810. The van der Waals surface area contributed by atoms with Crippen molar-refractivity contribution in [2.24, 2.45) is 0 Å². The van der Waals surface area contributed by atoms with Gasteiger partial charge < -0.3 is 15.1 Å². The largest absolute Gasteiger partial charge is 0.467 e. The first-order valence-corrected chi connectivity index (χ1v) is 6.50. The number of anilines is 3. The van der Waals surface area contributed by atoms with Gasteiger partial charge in [-0.15, -0.1) is 5.10 Å². The summed E-state index contributed by atoms with van der Waals surface area (Å²) in [6, 6.07) is 5.36. The third-order valence-electron chi connectivity index (χ3n) is 2.86. The summed E-state index contributed by atoms with van der Waals surface area (Å²) < 4.78 is 44.8. The second-order valence-electron chi connectivity index (χ2n) is 4.45. The molecule has 3 aromatic rings. The first-order chi connectivity index (χ1) is 11.1. The molecule has 118 valence electrons. The molecule has 0 radical (unpaired) electrons. The lowest BCUT2D eigenvalue weighted by Gasteiger charge is -2.08. The summed E-state index contributed by atoms with van der Waals surface area (Å²) in [5.41, 5.74) is -0.297. The van der Waals surface area contributed by atoms with Crippen molar-refractivity contribution in [3.63, 3.8) is 0 Å². The minimum absolute atomic E-state index is 0.0700. The molecule has 2 N–H and O–H groups in total. The fourth-order valence-electron chi connectivity index (χ4n) is 1.78. The van der Waals surface area contributed by atoms with Gasteiger partial charge in [0.25, 0.3) is 0 Å². The van der Waals surface area contributed by atoms with Gasteiger partial charge in [-0.3, -0.25) is 0 Å². The first-order valence-electron chi connectivity index (χ1n) is 6.50. The summed E-state index contributed by atoms with van der Waals surface area (Å²) in [7, 11) is 0. The van der Waals surface area contributed by atoms with E-state index in [1.54, 1.807) is 12.1 Å². The molecule has 0 aliphatic heterocycles. The van der Waals surface area contributed by atoms with Crippen LogP contribution < -0.4 is 10.6 Å². The Hall–Kier alpha value is -3.10. The Morgan fingerprint density at radius 3 is 2.74 bits per heavy atom. The maximum absolute atomic E-state index is 13.6. The Labute approximate surface area is 128 Å². The van der Waals surface area contributed by atoms with E-state index in [-0.39, 0.29) is 11.6 Å². The van der Waals surface area contributed by atoms with Gasteiger partial charge in [0, 0.05) is 0 Å². The fraction of sp³-hybridized carbons (Fsp3) is 0.0714. The number of aromatic nitrogens is 3. The second kappa shape index (κ2) is 6.34.